The van der Waals surface area contributed by atoms with Crippen molar-refractivity contribution < 1.29 is 0 Å². The molecule has 0 fully saturated rings. The van der Waals surface area contributed by atoms with Crippen LogP contribution in [0.2, 0.25) is 0 Å². The Labute approximate surface area is 124 Å². The van der Waals surface area contributed by atoms with Crippen molar-refractivity contribution in [2.24, 2.45) is 0 Å². The Balaban J connectivity index is 2.09. The zero-order chi connectivity index (χ0) is 14.4. The summed E-state index contributed by atoms with van der Waals surface area (Å²) in [7, 11) is 1.81. The molecule has 0 aliphatic rings. The van der Waals surface area contributed by atoms with Crippen molar-refractivity contribution in [1.29, 1.82) is 0 Å². The van der Waals surface area contributed by atoms with Gasteiger partial charge in [0.1, 0.15) is 10.3 Å². The molecular formula is C14H12N6S. The Kier molecular flexibility index (Phi) is 2.61. The van der Waals surface area contributed by atoms with E-state index in [1.165, 1.54) is 4.88 Å². The lowest BCUT2D eigenvalue weighted by Gasteiger charge is -2.05. The number of fused-ring (bicyclic) bond motifs is 2. The fraction of sp³-hybridized carbons (Fsp3) is 0.143. The number of anilines is 1. The fourth-order valence-electron chi connectivity index (χ4n) is 2.33. The Hall–Kier alpha value is -2.54. The summed E-state index contributed by atoms with van der Waals surface area (Å²) >= 11 is 1.65. The zero-order valence-electron chi connectivity index (χ0n) is 11.5. The Morgan fingerprint density at radius 2 is 2.05 bits per heavy atom. The van der Waals surface area contributed by atoms with Crippen LogP contribution >= 0.6 is 11.3 Å². The molecule has 4 aromatic rings. The third-order valence-electron chi connectivity index (χ3n) is 3.27. The number of para-hydroxylation sites is 1. The zero-order valence-corrected chi connectivity index (χ0v) is 12.3. The van der Waals surface area contributed by atoms with Crippen LogP contribution < -0.4 is 5.32 Å². The minimum Gasteiger partial charge on any atom is -0.357 e. The number of rotatable bonds is 2. The first-order valence-corrected chi connectivity index (χ1v) is 7.34. The molecule has 3 aromatic heterocycles. The number of hydrogen-bond acceptors (Lipinski definition) is 6. The van der Waals surface area contributed by atoms with E-state index in [-0.39, 0.29) is 0 Å². The van der Waals surface area contributed by atoms with E-state index >= 15 is 0 Å². The number of nitrogens with zero attached hydrogens (tertiary/aromatic N) is 5. The average Bonchev–Trinajstić information content (AvgIpc) is 3.08. The van der Waals surface area contributed by atoms with E-state index in [0.717, 1.165) is 27.1 Å². The van der Waals surface area contributed by atoms with Crippen LogP contribution in [0.25, 0.3) is 27.1 Å². The Morgan fingerprint density at radius 3 is 2.90 bits per heavy atom. The number of thiophene rings is 1. The van der Waals surface area contributed by atoms with Gasteiger partial charge in [0.15, 0.2) is 5.82 Å². The van der Waals surface area contributed by atoms with Gasteiger partial charge in [-0.15, -0.1) is 16.4 Å². The molecule has 4 rings (SSSR count). The second kappa shape index (κ2) is 4.49. The number of benzene rings is 1. The smallest absolute Gasteiger partial charge is 0.225 e. The lowest BCUT2D eigenvalue weighted by Crippen LogP contribution is -2.04. The Morgan fingerprint density at radius 1 is 1.19 bits per heavy atom. The van der Waals surface area contributed by atoms with Crippen LogP contribution in [0.1, 0.15) is 4.88 Å². The maximum absolute atomic E-state index is 4.57. The number of aryl methyl sites for hydroxylation is 1. The second-order valence-electron chi connectivity index (χ2n) is 4.69. The lowest BCUT2D eigenvalue weighted by molar-refractivity contribution is 0.806. The summed E-state index contributed by atoms with van der Waals surface area (Å²) in [6.45, 7) is 2.06. The van der Waals surface area contributed by atoms with Gasteiger partial charge >= 0.3 is 0 Å². The predicted molar refractivity (Wildman–Crippen MR) is 84.1 cm³/mol. The van der Waals surface area contributed by atoms with E-state index in [2.05, 4.69) is 38.6 Å². The van der Waals surface area contributed by atoms with Gasteiger partial charge in [-0.3, -0.25) is 0 Å². The predicted octanol–water partition coefficient (Wildman–Crippen LogP) is 2.78. The van der Waals surface area contributed by atoms with Crippen molar-refractivity contribution in [3.05, 3.63) is 35.2 Å². The monoisotopic (exact) mass is 296 g/mol. The second-order valence-corrected chi connectivity index (χ2v) is 5.92. The van der Waals surface area contributed by atoms with E-state index in [4.69, 9.17) is 0 Å². The van der Waals surface area contributed by atoms with Gasteiger partial charge in [-0.05, 0) is 25.1 Å². The first kappa shape index (κ1) is 12.2. The van der Waals surface area contributed by atoms with Gasteiger partial charge in [0.25, 0.3) is 0 Å². The topological polar surface area (TPSA) is 68.5 Å². The number of aromatic nitrogens is 5. The highest BCUT2D eigenvalue weighted by molar-refractivity contribution is 7.18. The third kappa shape index (κ3) is 1.85. The molecule has 0 aliphatic carbocycles. The molecule has 6 nitrogen and oxygen atoms in total. The van der Waals surface area contributed by atoms with E-state index in [1.54, 1.807) is 16.0 Å². The van der Waals surface area contributed by atoms with Gasteiger partial charge in [-0.2, -0.15) is 9.67 Å². The first-order valence-electron chi connectivity index (χ1n) is 6.53. The number of nitrogens with one attached hydrogen (secondary N) is 1. The quantitative estimate of drug-likeness (QED) is 0.616. The van der Waals surface area contributed by atoms with Gasteiger partial charge in [-0.25, -0.2) is 4.98 Å². The van der Waals surface area contributed by atoms with Gasteiger partial charge in [0.05, 0.1) is 10.9 Å². The first-order chi connectivity index (χ1) is 10.3. The minimum atomic E-state index is 0.582. The molecule has 1 N–H and O–H groups in total. The maximum atomic E-state index is 4.57. The van der Waals surface area contributed by atoms with Crippen molar-refractivity contribution in [3.63, 3.8) is 0 Å². The van der Waals surface area contributed by atoms with Gasteiger partial charge in [0.2, 0.25) is 5.95 Å². The molecule has 0 atom stereocenters. The van der Waals surface area contributed by atoms with Crippen LogP contribution in [0, 0.1) is 6.92 Å². The molecule has 0 radical (unpaired) electrons. The molecule has 0 saturated heterocycles. The summed E-state index contributed by atoms with van der Waals surface area (Å²) in [6.07, 6.45) is 0. The van der Waals surface area contributed by atoms with Gasteiger partial charge < -0.3 is 5.32 Å². The van der Waals surface area contributed by atoms with E-state index in [0.29, 0.717) is 5.95 Å². The molecule has 21 heavy (non-hydrogen) atoms. The fourth-order valence-corrected chi connectivity index (χ4v) is 3.20. The van der Waals surface area contributed by atoms with Crippen molar-refractivity contribution in [3.8, 4) is 5.82 Å². The molecule has 1 aromatic carbocycles. The highest BCUT2D eigenvalue weighted by Gasteiger charge is 2.15. The molecule has 0 saturated carbocycles. The summed E-state index contributed by atoms with van der Waals surface area (Å²) in [5, 5.41) is 12.4. The molecule has 0 unspecified atom stereocenters. The molecule has 7 heteroatoms. The summed E-state index contributed by atoms with van der Waals surface area (Å²) < 4.78 is 1.77. The molecular weight excluding hydrogens is 284 g/mol. The molecule has 0 bridgehead atoms. The van der Waals surface area contributed by atoms with Gasteiger partial charge in [0, 0.05) is 11.9 Å². The van der Waals surface area contributed by atoms with Gasteiger partial charge in [-0.1, -0.05) is 17.3 Å². The maximum Gasteiger partial charge on any atom is 0.225 e. The van der Waals surface area contributed by atoms with Crippen LogP contribution in [0.15, 0.2) is 30.3 Å². The molecule has 0 amide bonds. The average molecular weight is 296 g/mol. The summed E-state index contributed by atoms with van der Waals surface area (Å²) in [5.74, 6) is 1.33. The third-order valence-corrected chi connectivity index (χ3v) is 4.22. The van der Waals surface area contributed by atoms with E-state index in [9.17, 15) is 0 Å². The van der Waals surface area contributed by atoms with Crippen LogP contribution in [-0.4, -0.2) is 32.0 Å². The van der Waals surface area contributed by atoms with Crippen molar-refractivity contribution >= 4 is 38.5 Å². The number of hydrogen-bond donors (Lipinski definition) is 1. The van der Waals surface area contributed by atoms with E-state index < -0.39 is 0 Å². The standard InChI is InChI=1S/C14H12N6S/c1-8-7-9-12(16-14(15-2)17-13(9)21-8)20-11-6-4-3-5-10(11)18-19-20/h3-7H,1-2H3,(H,15,16,17). The summed E-state index contributed by atoms with van der Waals surface area (Å²) in [5.41, 5.74) is 1.78. The van der Waals surface area contributed by atoms with Crippen LogP contribution in [0.4, 0.5) is 5.95 Å². The molecule has 104 valence electrons. The molecule has 0 aliphatic heterocycles. The minimum absolute atomic E-state index is 0.582. The van der Waals surface area contributed by atoms with Crippen molar-refractivity contribution in [1.82, 2.24) is 25.0 Å². The summed E-state index contributed by atoms with van der Waals surface area (Å²) in [6, 6.07) is 9.94. The van der Waals surface area contributed by atoms with Crippen LogP contribution in [-0.2, 0) is 0 Å². The Bertz CT molecular complexity index is 955. The molecule has 3 heterocycles. The SMILES string of the molecule is CNc1nc(-n2nnc3ccccc32)c2cc(C)sc2n1. The van der Waals surface area contributed by atoms with E-state index in [1.807, 2.05) is 31.3 Å². The van der Waals surface area contributed by atoms with Crippen molar-refractivity contribution in [2.45, 2.75) is 6.92 Å². The normalized spacial score (nSPS) is 11.3. The summed E-state index contributed by atoms with van der Waals surface area (Å²) in [4.78, 5) is 11.2. The van der Waals surface area contributed by atoms with Crippen LogP contribution in [0.5, 0.6) is 0 Å². The molecule has 0 spiro atoms. The lowest BCUT2D eigenvalue weighted by atomic mass is 10.3. The van der Waals surface area contributed by atoms with Crippen molar-refractivity contribution in [2.75, 3.05) is 12.4 Å². The highest BCUT2D eigenvalue weighted by atomic mass is 32.1. The highest BCUT2D eigenvalue weighted by Crippen LogP contribution is 2.29. The largest absolute Gasteiger partial charge is 0.357 e. The van der Waals surface area contributed by atoms with Crippen LogP contribution in [0.3, 0.4) is 0 Å².